The van der Waals surface area contributed by atoms with E-state index in [0.29, 0.717) is 0 Å². The summed E-state index contributed by atoms with van der Waals surface area (Å²) in [4.78, 5) is 0. The van der Waals surface area contributed by atoms with Gasteiger partial charge in [0.05, 0.1) is 11.5 Å². The summed E-state index contributed by atoms with van der Waals surface area (Å²) in [5.74, 6) is 0. The van der Waals surface area contributed by atoms with E-state index in [-0.39, 0.29) is 11.5 Å². The Balaban J connectivity index is 2.08. The van der Waals surface area contributed by atoms with E-state index in [0.717, 1.165) is 23.9 Å². The molecule has 0 N–H and O–H groups in total. The van der Waals surface area contributed by atoms with E-state index in [1.807, 2.05) is 6.07 Å². The zero-order valence-electron chi connectivity index (χ0n) is 9.90. The Kier molecular flexibility index (Phi) is 3.60. The third-order valence-electron chi connectivity index (χ3n) is 3.49. The van der Waals surface area contributed by atoms with Crippen LogP contribution in [0.3, 0.4) is 0 Å². The lowest BCUT2D eigenvalue weighted by atomic mass is 9.98. The van der Waals surface area contributed by atoms with E-state index in [1.54, 1.807) is 0 Å². The maximum absolute atomic E-state index is 6.60. The van der Waals surface area contributed by atoms with Crippen molar-refractivity contribution in [1.29, 1.82) is 0 Å². The van der Waals surface area contributed by atoms with Gasteiger partial charge in [-0.2, -0.15) is 0 Å². The molecule has 3 heteroatoms. The maximum atomic E-state index is 6.60. The van der Waals surface area contributed by atoms with Gasteiger partial charge in [0.1, 0.15) is 0 Å². The summed E-state index contributed by atoms with van der Waals surface area (Å²) >= 11 is 10.2. The summed E-state index contributed by atoms with van der Waals surface area (Å²) < 4.78 is 6.81. The van der Waals surface area contributed by atoms with Crippen LogP contribution in [0.4, 0.5) is 0 Å². The van der Waals surface area contributed by atoms with Gasteiger partial charge in [0, 0.05) is 11.1 Å². The maximum Gasteiger partial charge on any atom is 0.0853 e. The quantitative estimate of drug-likeness (QED) is 0.701. The Morgan fingerprint density at radius 1 is 1.17 bits per heavy atom. The molecule has 2 aromatic carbocycles. The summed E-state index contributed by atoms with van der Waals surface area (Å²) in [6.45, 7) is 0.836. The summed E-state index contributed by atoms with van der Waals surface area (Å²) in [6, 6.07) is 12.5. The van der Waals surface area contributed by atoms with Gasteiger partial charge in [0.15, 0.2) is 0 Å². The molecule has 1 aliphatic heterocycles. The smallest absolute Gasteiger partial charge is 0.0853 e. The van der Waals surface area contributed by atoms with Crippen molar-refractivity contribution >= 4 is 38.3 Å². The molecule has 3 rings (SSSR count). The van der Waals surface area contributed by atoms with Crippen molar-refractivity contribution < 1.29 is 4.74 Å². The fraction of sp³-hybridized carbons (Fsp3) is 0.333. The van der Waals surface area contributed by atoms with Crippen molar-refractivity contribution in [2.75, 3.05) is 6.61 Å². The van der Waals surface area contributed by atoms with Crippen molar-refractivity contribution in [2.45, 2.75) is 24.3 Å². The first-order valence-corrected chi connectivity index (χ1v) is 7.43. The van der Waals surface area contributed by atoms with Crippen LogP contribution < -0.4 is 0 Å². The van der Waals surface area contributed by atoms with Crippen molar-refractivity contribution in [3.63, 3.8) is 0 Å². The van der Waals surface area contributed by atoms with Gasteiger partial charge in [-0.05, 0) is 35.2 Å². The molecular formula is C15H14BrClO. The van der Waals surface area contributed by atoms with E-state index >= 15 is 0 Å². The Morgan fingerprint density at radius 3 is 2.67 bits per heavy atom. The van der Waals surface area contributed by atoms with Crippen LogP contribution in [0.2, 0.25) is 0 Å². The molecular weight excluding hydrogens is 312 g/mol. The van der Waals surface area contributed by atoms with Gasteiger partial charge < -0.3 is 4.74 Å². The SMILES string of the molecule is ClC(c1ccc(Br)c2ccccc12)C1CCCO1. The molecule has 0 amide bonds. The first-order valence-electron chi connectivity index (χ1n) is 6.20. The third-order valence-corrected chi connectivity index (χ3v) is 4.70. The van der Waals surface area contributed by atoms with E-state index in [4.69, 9.17) is 16.3 Å². The molecule has 0 spiro atoms. The molecule has 0 radical (unpaired) electrons. The monoisotopic (exact) mass is 324 g/mol. The van der Waals surface area contributed by atoms with Crippen LogP contribution in [0.5, 0.6) is 0 Å². The zero-order chi connectivity index (χ0) is 12.5. The van der Waals surface area contributed by atoms with Crippen molar-refractivity contribution in [3.05, 3.63) is 46.4 Å². The molecule has 94 valence electrons. The third kappa shape index (κ3) is 2.18. The number of benzene rings is 2. The molecule has 0 aliphatic carbocycles. The van der Waals surface area contributed by atoms with E-state index in [9.17, 15) is 0 Å². The number of halogens is 2. The standard InChI is InChI=1S/C15H14BrClO/c16-13-8-7-12(10-4-1-2-5-11(10)13)15(17)14-6-3-9-18-14/h1-2,4-5,7-8,14-15H,3,6,9H2. The molecule has 0 aromatic heterocycles. The van der Waals surface area contributed by atoms with Crippen molar-refractivity contribution in [3.8, 4) is 0 Å². The fourth-order valence-corrected chi connectivity index (χ4v) is 3.43. The molecule has 1 aliphatic rings. The van der Waals surface area contributed by atoms with Crippen LogP contribution in [-0.2, 0) is 4.74 Å². The second-order valence-corrected chi connectivity index (χ2v) is 5.96. The summed E-state index contributed by atoms with van der Waals surface area (Å²) in [6.07, 6.45) is 2.32. The van der Waals surface area contributed by atoms with E-state index in [1.165, 1.54) is 16.3 Å². The van der Waals surface area contributed by atoms with Gasteiger partial charge in [0.2, 0.25) is 0 Å². The van der Waals surface area contributed by atoms with Gasteiger partial charge in [0.25, 0.3) is 0 Å². The average Bonchev–Trinajstić information content (AvgIpc) is 2.93. The molecule has 1 fully saturated rings. The van der Waals surface area contributed by atoms with Gasteiger partial charge in [-0.1, -0.05) is 46.3 Å². The van der Waals surface area contributed by atoms with Crippen LogP contribution in [0.1, 0.15) is 23.8 Å². The molecule has 2 aromatic rings. The lowest BCUT2D eigenvalue weighted by Gasteiger charge is -2.19. The van der Waals surface area contributed by atoms with Crippen molar-refractivity contribution in [2.24, 2.45) is 0 Å². The summed E-state index contributed by atoms with van der Waals surface area (Å²) in [5, 5.41) is 2.35. The number of fused-ring (bicyclic) bond motifs is 1. The first-order chi connectivity index (χ1) is 8.77. The predicted molar refractivity (Wildman–Crippen MR) is 79.2 cm³/mol. The fourth-order valence-electron chi connectivity index (χ4n) is 2.56. The largest absolute Gasteiger partial charge is 0.376 e. The molecule has 2 atom stereocenters. The van der Waals surface area contributed by atoms with Crippen LogP contribution in [-0.4, -0.2) is 12.7 Å². The Labute approximate surface area is 120 Å². The predicted octanol–water partition coefficient (Wildman–Crippen LogP) is 5.06. The molecule has 0 bridgehead atoms. The Bertz CT molecular complexity index is 563. The van der Waals surface area contributed by atoms with Crippen molar-refractivity contribution in [1.82, 2.24) is 0 Å². The zero-order valence-corrected chi connectivity index (χ0v) is 12.2. The van der Waals surface area contributed by atoms with E-state index in [2.05, 4.69) is 46.3 Å². The second-order valence-electron chi connectivity index (χ2n) is 4.64. The lowest BCUT2D eigenvalue weighted by Crippen LogP contribution is -2.13. The Morgan fingerprint density at radius 2 is 1.94 bits per heavy atom. The number of rotatable bonds is 2. The molecule has 1 saturated heterocycles. The highest BCUT2D eigenvalue weighted by atomic mass is 79.9. The molecule has 0 saturated carbocycles. The normalized spacial score (nSPS) is 21.3. The highest BCUT2D eigenvalue weighted by Crippen LogP contribution is 2.37. The van der Waals surface area contributed by atoms with Gasteiger partial charge in [-0.3, -0.25) is 0 Å². The van der Waals surface area contributed by atoms with Crippen LogP contribution in [0.15, 0.2) is 40.9 Å². The molecule has 18 heavy (non-hydrogen) atoms. The summed E-state index contributed by atoms with van der Waals surface area (Å²) in [5.41, 5.74) is 1.17. The molecule has 1 heterocycles. The van der Waals surface area contributed by atoms with Gasteiger partial charge >= 0.3 is 0 Å². The second kappa shape index (κ2) is 5.20. The van der Waals surface area contributed by atoms with Gasteiger partial charge in [-0.25, -0.2) is 0 Å². The molecule has 1 nitrogen and oxygen atoms in total. The van der Waals surface area contributed by atoms with Crippen LogP contribution in [0.25, 0.3) is 10.8 Å². The minimum atomic E-state index is -0.0644. The first kappa shape index (κ1) is 12.5. The van der Waals surface area contributed by atoms with Crippen LogP contribution >= 0.6 is 27.5 Å². The number of ether oxygens (including phenoxy) is 1. The lowest BCUT2D eigenvalue weighted by molar-refractivity contribution is 0.108. The van der Waals surface area contributed by atoms with Gasteiger partial charge in [-0.15, -0.1) is 11.6 Å². The minimum Gasteiger partial charge on any atom is -0.376 e. The summed E-state index contributed by atoms with van der Waals surface area (Å²) in [7, 11) is 0. The van der Waals surface area contributed by atoms with E-state index < -0.39 is 0 Å². The molecule has 2 unspecified atom stereocenters. The average molecular weight is 326 g/mol. The Hall–Kier alpha value is -0.570. The highest BCUT2D eigenvalue weighted by Gasteiger charge is 2.26. The number of alkyl halides is 1. The highest BCUT2D eigenvalue weighted by molar-refractivity contribution is 9.10. The number of hydrogen-bond donors (Lipinski definition) is 0. The topological polar surface area (TPSA) is 9.23 Å². The van der Waals surface area contributed by atoms with Crippen LogP contribution in [0, 0.1) is 0 Å². The minimum absolute atomic E-state index is 0.0644. The number of hydrogen-bond acceptors (Lipinski definition) is 1.